The van der Waals surface area contributed by atoms with E-state index in [1.54, 1.807) is 6.92 Å². The van der Waals surface area contributed by atoms with Gasteiger partial charge in [0.25, 0.3) is 5.56 Å². The van der Waals surface area contributed by atoms with Gasteiger partial charge in [0, 0.05) is 31.2 Å². The van der Waals surface area contributed by atoms with Crippen molar-refractivity contribution in [3.63, 3.8) is 0 Å². The lowest BCUT2D eigenvalue weighted by atomic mass is 10.0. The Balaban J connectivity index is 1.60. The molecular weight excluding hydrogens is 475 g/mol. The highest BCUT2D eigenvalue weighted by molar-refractivity contribution is 5.77. The highest BCUT2D eigenvalue weighted by atomic mass is 19.4. The highest BCUT2D eigenvalue weighted by Crippen LogP contribution is 2.38. The van der Waals surface area contributed by atoms with E-state index in [0.717, 1.165) is 37.5 Å². The van der Waals surface area contributed by atoms with E-state index in [1.807, 2.05) is 18.2 Å². The van der Waals surface area contributed by atoms with Gasteiger partial charge in [0.2, 0.25) is 5.95 Å². The number of halogens is 3. The summed E-state index contributed by atoms with van der Waals surface area (Å²) in [5, 5.41) is 16.8. The summed E-state index contributed by atoms with van der Waals surface area (Å²) in [5.74, 6) is 0.231. The first-order valence-electron chi connectivity index (χ1n) is 11.4. The van der Waals surface area contributed by atoms with Gasteiger partial charge < -0.3 is 15.7 Å². The zero-order valence-electron chi connectivity index (χ0n) is 19.6. The molecule has 3 aromatic heterocycles. The highest BCUT2D eigenvalue weighted by Gasteiger charge is 2.52. The minimum atomic E-state index is -4.94. The monoisotopic (exact) mass is 499 g/mol. The van der Waals surface area contributed by atoms with Crippen molar-refractivity contribution < 1.29 is 18.3 Å². The van der Waals surface area contributed by atoms with Gasteiger partial charge in [-0.05, 0) is 62.2 Å². The second kappa shape index (κ2) is 8.71. The number of aliphatic hydroxyl groups is 1. The van der Waals surface area contributed by atoms with Gasteiger partial charge >= 0.3 is 6.18 Å². The van der Waals surface area contributed by atoms with Crippen LogP contribution in [-0.4, -0.2) is 42.1 Å². The number of nitrogens with zero attached hydrogens (tertiary/aromatic N) is 5. The molecule has 3 N–H and O–H groups in total. The van der Waals surface area contributed by atoms with Crippen molar-refractivity contribution in [1.29, 1.82) is 0 Å². The maximum absolute atomic E-state index is 13.4. The summed E-state index contributed by atoms with van der Waals surface area (Å²) in [7, 11) is 0. The molecule has 36 heavy (non-hydrogen) atoms. The van der Waals surface area contributed by atoms with Crippen LogP contribution in [0.4, 0.5) is 24.8 Å². The number of fused-ring (bicyclic) bond motifs is 2. The van der Waals surface area contributed by atoms with E-state index in [4.69, 9.17) is 0 Å². The molecule has 1 atom stereocenters. The Morgan fingerprint density at radius 1 is 1.17 bits per heavy atom. The molecule has 0 aliphatic carbocycles. The van der Waals surface area contributed by atoms with Crippen molar-refractivity contribution in [3.8, 4) is 5.69 Å². The predicted molar refractivity (Wildman–Crippen MR) is 127 cm³/mol. The first kappa shape index (κ1) is 23.9. The van der Waals surface area contributed by atoms with Crippen LogP contribution in [0.3, 0.4) is 0 Å². The van der Waals surface area contributed by atoms with E-state index >= 15 is 0 Å². The molecule has 0 bridgehead atoms. The van der Waals surface area contributed by atoms with Gasteiger partial charge in [0.1, 0.15) is 5.39 Å². The second-order valence-corrected chi connectivity index (χ2v) is 8.77. The quantitative estimate of drug-likeness (QED) is 0.387. The SMILES string of the molecule is CCn1c(=O)c2cnc(Nc3ccc4c(c3)CCNC4)nc2n1-c1ccnc(C(C)(O)C(F)(F)F)c1. The Morgan fingerprint density at radius 2 is 1.97 bits per heavy atom. The van der Waals surface area contributed by atoms with Crippen molar-refractivity contribution in [2.24, 2.45) is 0 Å². The third kappa shape index (κ3) is 4.01. The van der Waals surface area contributed by atoms with E-state index in [0.29, 0.717) is 6.92 Å². The Bertz CT molecular complexity index is 1510. The number of anilines is 2. The van der Waals surface area contributed by atoms with E-state index < -0.39 is 17.5 Å². The molecule has 1 aliphatic heterocycles. The molecule has 0 saturated heterocycles. The standard InChI is InChI=1S/C24H24F3N7O2/c1-3-33-21(35)18-13-30-22(31-16-5-4-15-12-28-8-6-14(15)10-16)32-20(18)34(33)17-7-9-29-19(11-17)23(2,36)24(25,26)27/h4-5,7,9-11,13,28,36H,3,6,8,12H2,1-2H3,(H,30,31,32). The first-order valence-corrected chi connectivity index (χ1v) is 11.4. The summed E-state index contributed by atoms with van der Waals surface area (Å²) >= 11 is 0. The largest absolute Gasteiger partial charge is 0.422 e. The average molecular weight is 499 g/mol. The van der Waals surface area contributed by atoms with Gasteiger partial charge in [0.15, 0.2) is 11.2 Å². The smallest absolute Gasteiger partial charge is 0.375 e. The number of rotatable bonds is 5. The Labute approximate surface area is 203 Å². The van der Waals surface area contributed by atoms with Crippen molar-refractivity contribution in [1.82, 2.24) is 29.6 Å². The van der Waals surface area contributed by atoms with Crippen molar-refractivity contribution in [3.05, 3.63) is 69.9 Å². The predicted octanol–water partition coefficient (Wildman–Crippen LogP) is 3.16. The summed E-state index contributed by atoms with van der Waals surface area (Å²) in [6, 6.07) is 8.52. The van der Waals surface area contributed by atoms with Gasteiger partial charge in [-0.2, -0.15) is 18.2 Å². The van der Waals surface area contributed by atoms with E-state index in [1.165, 1.54) is 32.8 Å². The molecule has 0 amide bonds. The van der Waals surface area contributed by atoms with Crippen LogP contribution in [0.1, 0.15) is 30.7 Å². The molecule has 5 rings (SSSR count). The van der Waals surface area contributed by atoms with Crippen LogP contribution in [0, 0.1) is 0 Å². The first-order chi connectivity index (χ1) is 17.1. The molecule has 0 radical (unpaired) electrons. The van der Waals surface area contributed by atoms with Crippen LogP contribution in [0.25, 0.3) is 16.7 Å². The molecule has 12 heteroatoms. The third-order valence-electron chi connectivity index (χ3n) is 6.36. The molecule has 4 heterocycles. The Hall–Kier alpha value is -3.77. The van der Waals surface area contributed by atoms with Crippen molar-refractivity contribution >= 4 is 22.7 Å². The number of benzene rings is 1. The number of aromatic nitrogens is 5. The van der Waals surface area contributed by atoms with Gasteiger partial charge in [-0.25, -0.2) is 14.3 Å². The van der Waals surface area contributed by atoms with Crippen molar-refractivity contribution in [2.75, 3.05) is 11.9 Å². The van der Waals surface area contributed by atoms with Crippen molar-refractivity contribution in [2.45, 2.75) is 45.1 Å². The van der Waals surface area contributed by atoms with Crippen LogP contribution in [0.5, 0.6) is 0 Å². The fraction of sp³-hybridized carbons (Fsp3) is 0.333. The molecule has 9 nitrogen and oxygen atoms in total. The number of hydrogen-bond donors (Lipinski definition) is 3. The molecule has 1 aliphatic rings. The molecule has 1 aromatic carbocycles. The van der Waals surface area contributed by atoms with E-state index in [2.05, 4.69) is 25.6 Å². The Kier molecular flexibility index (Phi) is 5.80. The maximum atomic E-state index is 13.4. The zero-order chi connectivity index (χ0) is 25.7. The number of nitrogens with one attached hydrogen (secondary N) is 2. The molecule has 0 saturated carbocycles. The Morgan fingerprint density at radius 3 is 2.72 bits per heavy atom. The summed E-state index contributed by atoms with van der Waals surface area (Å²) < 4.78 is 43.1. The molecular formula is C24H24F3N7O2. The summed E-state index contributed by atoms with van der Waals surface area (Å²) in [5.41, 5.74) is -0.523. The second-order valence-electron chi connectivity index (χ2n) is 8.77. The lowest BCUT2D eigenvalue weighted by Gasteiger charge is -2.26. The normalized spacial score (nSPS) is 15.5. The van der Waals surface area contributed by atoms with Crippen LogP contribution in [0.2, 0.25) is 0 Å². The van der Waals surface area contributed by atoms with Crippen LogP contribution >= 0.6 is 0 Å². The minimum Gasteiger partial charge on any atom is -0.375 e. The molecule has 1 unspecified atom stereocenters. The molecule has 0 spiro atoms. The molecule has 4 aromatic rings. The van der Waals surface area contributed by atoms with E-state index in [-0.39, 0.29) is 34.8 Å². The summed E-state index contributed by atoms with van der Waals surface area (Å²) in [6.07, 6.45) is -1.49. The van der Waals surface area contributed by atoms with Gasteiger partial charge in [-0.3, -0.25) is 9.78 Å². The average Bonchev–Trinajstić information content (AvgIpc) is 3.14. The third-order valence-corrected chi connectivity index (χ3v) is 6.36. The minimum absolute atomic E-state index is 0.199. The fourth-order valence-electron chi connectivity index (χ4n) is 4.28. The van der Waals surface area contributed by atoms with Gasteiger partial charge in [0.05, 0.1) is 11.4 Å². The van der Waals surface area contributed by atoms with Crippen LogP contribution in [-0.2, 0) is 25.1 Å². The van der Waals surface area contributed by atoms with E-state index in [9.17, 15) is 23.1 Å². The zero-order valence-corrected chi connectivity index (χ0v) is 19.6. The number of pyridine rings is 1. The number of hydrogen-bond acceptors (Lipinski definition) is 7. The number of alkyl halides is 3. The topological polar surface area (TPSA) is 110 Å². The van der Waals surface area contributed by atoms with Gasteiger partial charge in [-0.15, -0.1) is 0 Å². The fourth-order valence-corrected chi connectivity index (χ4v) is 4.28. The van der Waals surface area contributed by atoms with Gasteiger partial charge in [-0.1, -0.05) is 6.07 Å². The summed E-state index contributed by atoms with van der Waals surface area (Å²) in [6.45, 7) is 4.30. The molecule has 188 valence electrons. The lowest BCUT2D eigenvalue weighted by molar-refractivity contribution is -0.260. The maximum Gasteiger partial charge on any atom is 0.422 e. The molecule has 0 fully saturated rings. The lowest BCUT2D eigenvalue weighted by Crippen LogP contribution is -2.40. The van der Waals surface area contributed by atoms with Crippen LogP contribution < -0.4 is 16.2 Å². The summed E-state index contributed by atoms with van der Waals surface area (Å²) in [4.78, 5) is 25.6. The van der Waals surface area contributed by atoms with Crippen LogP contribution in [0.15, 0.2) is 47.5 Å².